The summed E-state index contributed by atoms with van der Waals surface area (Å²) in [6.07, 6.45) is -5.61. The zero-order chi connectivity index (χ0) is 18.7. The van der Waals surface area contributed by atoms with E-state index in [4.69, 9.17) is 9.47 Å². The Hall–Kier alpha value is -2.52. The summed E-state index contributed by atoms with van der Waals surface area (Å²) in [5, 5.41) is 0. The maximum Gasteiger partial charge on any atom is 0.434 e. The molecule has 0 saturated carbocycles. The Morgan fingerprint density at radius 3 is 1.88 bits per heavy atom. The molecule has 0 N–H and O–H groups in total. The number of aromatic nitrogens is 1. The summed E-state index contributed by atoms with van der Waals surface area (Å²) in [7, 11) is 2.89. The van der Waals surface area contributed by atoms with Gasteiger partial charge in [-0.3, -0.25) is 0 Å². The van der Waals surface area contributed by atoms with Crippen molar-refractivity contribution in [2.24, 2.45) is 0 Å². The Labute approximate surface area is 135 Å². The summed E-state index contributed by atoms with van der Waals surface area (Å²) < 4.78 is 58.8. The zero-order valence-corrected chi connectivity index (χ0v) is 13.6. The number of nitrogens with zero attached hydrogens (tertiary/aromatic N) is 1. The Bertz CT molecular complexity index is 642. The van der Waals surface area contributed by atoms with Crippen molar-refractivity contribution in [2.45, 2.75) is 26.1 Å². The Kier molecular flexibility index (Phi) is 5.99. The van der Waals surface area contributed by atoms with E-state index in [1.807, 2.05) is 0 Å². The van der Waals surface area contributed by atoms with Crippen LogP contribution in [-0.4, -0.2) is 44.4 Å². The van der Waals surface area contributed by atoms with Crippen molar-refractivity contribution in [2.75, 3.05) is 21.3 Å². The van der Waals surface area contributed by atoms with Crippen molar-refractivity contribution >= 4 is 11.9 Å². The van der Waals surface area contributed by atoms with E-state index in [1.54, 1.807) is 0 Å². The molecule has 0 aliphatic rings. The van der Waals surface area contributed by atoms with Gasteiger partial charge >= 0.3 is 18.1 Å². The molecular formula is C14H16F3NO6. The molecular weight excluding hydrogens is 335 g/mol. The molecule has 1 rings (SSSR count). The first kappa shape index (κ1) is 19.5. The summed E-state index contributed by atoms with van der Waals surface area (Å²) in [4.78, 5) is 27.1. The zero-order valence-electron chi connectivity index (χ0n) is 13.6. The lowest BCUT2D eigenvalue weighted by Crippen LogP contribution is -2.23. The number of rotatable bonds is 5. The number of methoxy groups -OCH3 is 3. The van der Waals surface area contributed by atoms with Crippen molar-refractivity contribution in [1.29, 1.82) is 0 Å². The van der Waals surface area contributed by atoms with Gasteiger partial charge in [-0.2, -0.15) is 13.2 Å². The molecule has 0 spiro atoms. The first-order valence-corrected chi connectivity index (χ1v) is 6.60. The van der Waals surface area contributed by atoms with E-state index >= 15 is 0 Å². The normalized spacial score (nSPS) is 11.2. The predicted octanol–water partition coefficient (Wildman–Crippen LogP) is 2.47. The van der Waals surface area contributed by atoms with Crippen LogP contribution in [0.5, 0.6) is 11.6 Å². The number of esters is 2. The molecule has 10 heteroatoms. The van der Waals surface area contributed by atoms with Gasteiger partial charge in [0, 0.05) is 0 Å². The molecule has 1 aromatic rings. The van der Waals surface area contributed by atoms with Crippen LogP contribution < -0.4 is 9.47 Å². The van der Waals surface area contributed by atoms with E-state index in [-0.39, 0.29) is 0 Å². The van der Waals surface area contributed by atoms with Crippen LogP contribution in [0.3, 0.4) is 0 Å². The molecule has 0 radical (unpaired) electrons. The van der Waals surface area contributed by atoms with Gasteiger partial charge < -0.3 is 18.9 Å². The number of alkyl halides is 3. The van der Waals surface area contributed by atoms with Gasteiger partial charge in [-0.15, -0.1) is 0 Å². The molecule has 1 heterocycles. The van der Waals surface area contributed by atoms with E-state index in [2.05, 4.69) is 14.5 Å². The van der Waals surface area contributed by atoms with Gasteiger partial charge in [-0.05, 0) is 13.8 Å². The molecule has 0 saturated heterocycles. The molecule has 0 unspecified atom stereocenters. The topological polar surface area (TPSA) is 84.0 Å². The van der Waals surface area contributed by atoms with Gasteiger partial charge in [-0.1, -0.05) is 0 Å². The van der Waals surface area contributed by atoms with Crippen LogP contribution >= 0.6 is 0 Å². The van der Waals surface area contributed by atoms with Gasteiger partial charge in [-0.25, -0.2) is 14.6 Å². The van der Waals surface area contributed by atoms with E-state index in [0.717, 1.165) is 21.3 Å². The van der Waals surface area contributed by atoms with Crippen molar-refractivity contribution < 1.29 is 41.7 Å². The lowest BCUT2D eigenvalue weighted by molar-refractivity contribution is -0.142. The highest BCUT2D eigenvalue weighted by Gasteiger charge is 2.43. The Morgan fingerprint density at radius 2 is 1.50 bits per heavy atom. The van der Waals surface area contributed by atoms with Gasteiger partial charge in [0.15, 0.2) is 17.0 Å². The number of pyridine rings is 1. The molecule has 0 atom stereocenters. The van der Waals surface area contributed by atoms with Crippen LogP contribution in [0.1, 0.15) is 40.3 Å². The fraction of sp³-hybridized carbons (Fsp3) is 0.500. The summed E-state index contributed by atoms with van der Waals surface area (Å²) in [5.74, 6) is -3.79. The van der Waals surface area contributed by atoms with Crippen LogP contribution in [0, 0.1) is 0 Å². The van der Waals surface area contributed by atoms with Crippen molar-refractivity contribution in [3.8, 4) is 11.6 Å². The fourth-order valence-electron chi connectivity index (χ4n) is 1.83. The minimum Gasteiger partial charge on any atom is -0.495 e. The van der Waals surface area contributed by atoms with Crippen molar-refractivity contribution in [3.05, 3.63) is 16.8 Å². The summed E-state index contributed by atoms with van der Waals surface area (Å²) in [5.41, 5.74) is -3.17. The number of carbonyl (C=O) groups excluding carboxylic acids is 2. The molecule has 0 aliphatic carbocycles. The highest BCUT2D eigenvalue weighted by Crippen LogP contribution is 2.41. The van der Waals surface area contributed by atoms with Gasteiger partial charge in [0.2, 0.25) is 5.88 Å². The quantitative estimate of drug-likeness (QED) is 0.754. The van der Waals surface area contributed by atoms with E-state index in [0.29, 0.717) is 0 Å². The smallest absolute Gasteiger partial charge is 0.434 e. The first-order valence-electron chi connectivity index (χ1n) is 6.60. The minimum absolute atomic E-state index is 0.540. The van der Waals surface area contributed by atoms with Crippen LogP contribution in [0.15, 0.2) is 0 Å². The fourth-order valence-corrected chi connectivity index (χ4v) is 1.83. The predicted molar refractivity (Wildman–Crippen MR) is 74.2 cm³/mol. The monoisotopic (exact) mass is 351 g/mol. The van der Waals surface area contributed by atoms with Gasteiger partial charge in [0.1, 0.15) is 5.56 Å². The average Bonchev–Trinajstić information content (AvgIpc) is 2.50. The molecule has 0 amide bonds. The van der Waals surface area contributed by atoms with E-state index in [1.165, 1.54) is 13.8 Å². The van der Waals surface area contributed by atoms with Crippen molar-refractivity contribution in [1.82, 2.24) is 4.98 Å². The number of hydrogen-bond acceptors (Lipinski definition) is 7. The molecule has 134 valence electrons. The number of hydrogen-bond donors (Lipinski definition) is 0. The molecule has 1 aromatic heterocycles. The molecule has 7 nitrogen and oxygen atoms in total. The van der Waals surface area contributed by atoms with Crippen LogP contribution in [0.2, 0.25) is 0 Å². The second-order valence-corrected chi connectivity index (χ2v) is 4.70. The third-order valence-electron chi connectivity index (χ3n) is 2.72. The molecule has 0 fully saturated rings. The number of halogens is 3. The highest BCUT2D eigenvalue weighted by molar-refractivity contribution is 6.02. The molecule has 0 bridgehead atoms. The SMILES string of the molecule is COC(=O)c1c(OC(C)C)nc(C(F)(F)F)c(C(=O)OC)c1OC. The lowest BCUT2D eigenvalue weighted by atomic mass is 10.1. The van der Waals surface area contributed by atoms with E-state index in [9.17, 15) is 22.8 Å². The van der Waals surface area contributed by atoms with Crippen LogP contribution in [-0.2, 0) is 15.7 Å². The average molecular weight is 351 g/mol. The molecule has 24 heavy (non-hydrogen) atoms. The summed E-state index contributed by atoms with van der Waals surface area (Å²) in [6, 6.07) is 0. The largest absolute Gasteiger partial charge is 0.495 e. The Morgan fingerprint density at radius 1 is 1.00 bits per heavy atom. The minimum atomic E-state index is -5.01. The standard InChI is InChI=1S/C14H16F3NO6/c1-6(2)24-11-8(13(20)23-5)9(21-3)7(12(19)22-4)10(18-11)14(15,16)17/h6H,1-5H3. The maximum absolute atomic E-state index is 13.3. The molecule has 0 aromatic carbocycles. The number of ether oxygens (including phenoxy) is 4. The third kappa shape index (κ3) is 3.87. The highest BCUT2D eigenvalue weighted by atomic mass is 19.4. The maximum atomic E-state index is 13.3. The summed E-state index contributed by atoms with van der Waals surface area (Å²) in [6.45, 7) is 3.05. The number of carbonyl (C=O) groups is 2. The van der Waals surface area contributed by atoms with Crippen molar-refractivity contribution in [3.63, 3.8) is 0 Å². The Balaban J connectivity index is 3.93. The molecule has 0 aliphatic heterocycles. The van der Waals surface area contributed by atoms with Crippen LogP contribution in [0.25, 0.3) is 0 Å². The second kappa shape index (κ2) is 7.37. The lowest BCUT2D eigenvalue weighted by Gasteiger charge is -2.20. The summed E-state index contributed by atoms with van der Waals surface area (Å²) >= 11 is 0. The van der Waals surface area contributed by atoms with Gasteiger partial charge in [0.25, 0.3) is 0 Å². The van der Waals surface area contributed by atoms with Gasteiger partial charge in [0.05, 0.1) is 27.4 Å². The second-order valence-electron chi connectivity index (χ2n) is 4.70. The van der Waals surface area contributed by atoms with Crippen LogP contribution in [0.4, 0.5) is 13.2 Å². The van der Waals surface area contributed by atoms with E-state index < -0.39 is 52.7 Å². The third-order valence-corrected chi connectivity index (χ3v) is 2.72. The first-order chi connectivity index (χ1) is 11.1.